The highest BCUT2D eigenvalue weighted by molar-refractivity contribution is 7.99. The van der Waals surface area contributed by atoms with E-state index in [2.05, 4.69) is 10.3 Å². The Morgan fingerprint density at radius 3 is 2.44 bits per heavy atom. The standard InChI is InChI=1S/C17H26N4O4S2/c1-4-21(5-2)27(24,25)14-8-9-16(18-10-14)26-12-17(23)20(3)11-15(22)19-13-6-7-13/h8-10,13H,4-7,11-12H2,1-3H3,(H,19,22). The molecule has 1 saturated carbocycles. The van der Waals surface area contributed by atoms with Gasteiger partial charge in [0.05, 0.1) is 17.3 Å². The lowest BCUT2D eigenvalue weighted by Gasteiger charge is -2.18. The maximum Gasteiger partial charge on any atom is 0.244 e. The Morgan fingerprint density at radius 2 is 1.93 bits per heavy atom. The van der Waals surface area contributed by atoms with Gasteiger partial charge in [0.1, 0.15) is 4.90 Å². The topological polar surface area (TPSA) is 99.7 Å². The average molecular weight is 415 g/mol. The van der Waals surface area contributed by atoms with E-state index in [-0.39, 0.29) is 35.0 Å². The highest BCUT2D eigenvalue weighted by Crippen LogP contribution is 2.20. The molecule has 1 aromatic rings. The minimum atomic E-state index is -3.54. The highest BCUT2D eigenvalue weighted by atomic mass is 32.2. The first-order chi connectivity index (χ1) is 12.8. The van der Waals surface area contributed by atoms with E-state index in [9.17, 15) is 18.0 Å². The van der Waals surface area contributed by atoms with Crippen molar-refractivity contribution in [2.45, 2.75) is 42.7 Å². The number of carbonyl (C=O) groups is 2. The predicted molar refractivity (Wildman–Crippen MR) is 104 cm³/mol. The van der Waals surface area contributed by atoms with Crippen LogP contribution in [-0.4, -0.2) is 72.9 Å². The fourth-order valence-electron chi connectivity index (χ4n) is 2.37. The van der Waals surface area contributed by atoms with Crippen molar-refractivity contribution in [3.8, 4) is 0 Å². The SMILES string of the molecule is CCN(CC)S(=O)(=O)c1ccc(SCC(=O)N(C)CC(=O)NC2CC2)nc1. The summed E-state index contributed by atoms with van der Waals surface area (Å²) in [6.07, 6.45) is 3.32. The molecule has 1 aromatic heterocycles. The largest absolute Gasteiger partial charge is 0.352 e. The number of sulfonamides is 1. The summed E-state index contributed by atoms with van der Waals surface area (Å²) in [5, 5.41) is 3.39. The molecule has 0 spiro atoms. The molecule has 0 atom stereocenters. The van der Waals surface area contributed by atoms with Crippen LogP contribution in [0.1, 0.15) is 26.7 Å². The summed E-state index contributed by atoms with van der Waals surface area (Å²) in [7, 11) is -1.95. The second kappa shape index (κ2) is 9.52. The Labute approximate surface area is 164 Å². The van der Waals surface area contributed by atoms with Crippen LogP contribution in [0, 0.1) is 0 Å². The van der Waals surface area contributed by atoms with Crippen LogP contribution in [0.25, 0.3) is 0 Å². The number of hydrogen-bond acceptors (Lipinski definition) is 6. The van der Waals surface area contributed by atoms with Crippen LogP contribution in [0.2, 0.25) is 0 Å². The van der Waals surface area contributed by atoms with Gasteiger partial charge in [-0.3, -0.25) is 9.59 Å². The highest BCUT2D eigenvalue weighted by Gasteiger charge is 2.24. The summed E-state index contributed by atoms with van der Waals surface area (Å²) in [6, 6.07) is 3.36. The molecule has 1 fully saturated rings. The first-order valence-electron chi connectivity index (χ1n) is 8.90. The van der Waals surface area contributed by atoms with Gasteiger partial charge in [0.15, 0.2) is 0 Å². The van der Waals surface area contributed by atoms with Gasteiger partial charge < -0.3 is 10.2 Å². The Morgan fingerprint density at radius 1 is 1.26 bits per heavy atom. The second-order valence-corrected chi connectivity index (χ2v) is 9.24. The number of pyridine rings is 1. The number of nitrogens with one attached hydrogen (secondary N) is 1. The molecule has 10 heteroatoms. The molecule has 0 saturated heterocycles. The van der Waals surface area contributed by atoms with Gasteiger partial charge in [-0.05, 0) is 25.0 Å². The fourth-order valence-corrected chi connectivity index (χ4v) is 4.55. The Bertz CT molecular complexity index is 760. The third kappa shape index (κ3) is 6.18. The third-order valence-corrected chi connectivity index (χ3v) is 7.11. The summed E-state index contributed by atoms with van der Waals surface area (Å²) in [5.41, 5.74) is 0. The van der Waals surface area contributed by atoms with Crippen molar-refractivity contribution in [2.24, 2.45) is 0 Å². The van der Waals surface area contributed by atoms with Gasteiger partial charge in [-0.1, -0.05) is 25.6 Å². The summed E-state index contributed by atoms with van der Waals surface area (Å²) >= 11 is 1.21. The zero-order valence-electron chi connectivity index (χ0n) is 15.8. The van der Waals surface area contributed by atoms with Crippen LogP contribution in [0.5, 0.6) is 0 Å². The second-order valence-electron chi connectivity index (χ2n) is 6.30. The number of nitrogens with zero attached hydrogens (tertiary/aromatic N) is 3. The van der Waals surface area contributed by atoms with Gasteiger partial charge in [0, 0.05) is 32.4 Å². The number of likely N-dealkylation sites (N-methyl/N-ethyl adjacent to an activating group) is 1. The monoisotopic (exact) mass is 414 g/mol. The average Bonchev–Trinajstić information content (AvgIpc) is 3.44. The van der Waals surface area contributed by atoms with E-state index >= 15 is 0 Å². The first kappa shape index (κ1) is 21.6. The summed E-state index contributed by atoms with van der Waals surface area (Å²) < 4.78 is 26.2. The molecular formula is C17H26N4O4S2. The summed E-state index contributed by atoms with van der Waals surface area (Å²) in [4.78, 5) is 29.5. The normalized spacial score (nSPS) is 14.2. The number of thioether (sulfide) groups is 1. The molecule has 0 unspecified atom stereocenters. The van der Waals surface area contributed by atoms with Crippen LogP contribution in [0.4, 0.5) is 0 Å². The van der Waals surface area contributed by atoms with Crippen molar-refractivity contribution in [1.82, 2.24) is 19.5 Å². The minimum absolute atomic E-state index is 0.0321. The molecule has 8 nitrogen and oxygen atoms in total. The lowest BCUT2D eigenvalue weighted by atomic mass is 10.4. The lowest BCUT2D eigenvalue weighted by molar-refractivity contribution is -0.132. The Kier molecular flexibility index (Phi) is 7.63. The molecule has 2 rings (SSSR count). The van der Waals surface area contributed by atoms with E-state index in [1.165, 1.54) is 33.2 Å². The van der Waals surface area contributed by atoms with Crippen molar-refractivity contribution in [3.05, 3.63) is 18.3 Å². The molecule has 27 heavy (non-hydrogen) atoms. The number of carbonyl (C=O) groups excluding carboxylic acids is 2. The number of rotatable bonds is 10. The summed E-state index contributed by atoms with van der Waals surface area (Å²) in [6.45, 7) is 4.39. The molecule has 0 aliphatic heterocycles. The molecule has 1 aliphatic rings. The lowest BCUT2D eigenvalue weighted by Crippen LogP contribution is -2.39. The van der Waals surface area contributed by atoms with Crippen molar-refractivity contribution < 1.29 is 18.0 Å². The van der Waals surface area contributed by atoms with Gasteiger partial charge >= 0.3 is 0 Å². The van der Waals surface area contributed by atoms with E-state index < -0.39 is 10.0 Å². The molecule has 0 aromatic carbocycles. The third-order valence-electron chi connectivity index (χ3n) is 4.14. The van der Waals surface area contributed by atoms with Crippen LogP contribution < -0.4 is 5.32 Å². The van der Waals surface area contributed by atoms with Gasteiger partial charge in [0.25, 0.3) is 0 Å². The molecule has 1 heterocycles. The summed E-state index contributed by atoms with van der Waals surface area (Å²) in [5.74, 6) is -0.211. The maximum atomic E-state index is 12.4. The Balaban J connectivity index is 1.86. The van der Waals surface area contributed by atoms with Crippen molar-refractivity contribution in [3.63, 3.8) is 0 Å². The van der Waals surface area contributed by atoms with Gasteiger partial charge in [0.2, 0.25) is 21.8 Å². The van der Waals surface area contributed by atoms with Gasteiger partial charge in [-0.2, -0.15) is 4.31 Å². The molecular weight excluding hydrogens is 388 g/mol. The van der Waals surface area contributed by atoms with Gasteiger partial charge in [-0.25, -0.2) is 13.4 Å². The molecule has 0 bridgehead atoms. The zero-order valence-corrected chi connectivity index (χ0v) is 17.5. The minimum Gasteiger partial charge on any atom is -0.352 e. The van der Waals surface area contributed by atoms with Crippen LogP contribution in [-0.2, 0) is 19.6 Å². The first-order valence-corrected chi connectivity index (χ1v) is 11.3. The molecule has 150 valence electrons. The van der Waals surface area contributed by atoms with E-state index in [0.29, 0.717) is 18.1 Å². The fraction of sp³-hybridized carbons (Fsp3) is 0.588. The van der Waals surface area contributed by atoms with E-state index in [1.54, 1.807) is 27.0 Å². The quantitative estimate of drug-likeness (QED) is 0.572. The van der Waals surface area contributed by atoms with Crippen LogP contribution >= 0.6 is 11.8 Å². The number of amides is 2. The van der Waals surface area contributed by atoms with E-state index in [4.69, 9.17) is 0 Å². The maximum absolute atomic E-state index is 12.4. The van der Waals surface area contributed by atoms with Crippen LogP contribution in [0.15, 0.2) is 28.3 Å². The molecule has 1 aliphatic carbocycles. The predicted octanol–water partition coefficient (Wildman–Crippen LogP) is 0.941. The van der Waals surface area contributed by atoms with Crippen LogP contribution in [0.3, 0.4) is 0 Å². The number of aromatic nitrogens is 1. The van der Waals surface area contributed by atoms with E-state index in [1.807, 2.05) is 0 Å². The number of hydrogen-bond donors (Lipinski definition) is 1. The molecule has 0 radical (unpaired) electrons. The van der Waals surface area contributed by atoms with Crippen molar-refractivity contribution >= 4 is 33.6 Å². The smallest absolute Gasteiger partial charge is 0.244 e. The van der Waals surface area contributed by atoms with Gasteiger partial charge in [-0.15, -0.1) is 0 Å². The zero-order chi connectivity index (χ0) is 20.0. The molecule has 2 amide bonds. The Hall–Kier alpha value is -1.65. The molecule has 1 N–H and O–H groups in total. The van der Waals surface area contributed by atoms with Crippen molar-refractivity contribution in [1.29, 1.82) is 0 Å². The van der Waals surface area contributed by atoms with Crippen molar-refractivity contribution in [2.75, 3.05) is 32.4 Å². The van der Waals surface area contributed by atoms with E-state index in [0.717, 1.165) is 12.8 Å².